The molecule has 1 N–H and O–H groups in total. The van der Waals surface area contributed by atoms with Crippen LogP contribution in [0.3, 0.4) is 0 Å². The number of hydrogen-bond acceptors (Lipinski definition) is 2. The van der Waals surface area contributed by atoms with Gasteiger partial charge in [0, 0.05) is 10.5 Å². The second kappa shape index (κ2) is 5.89. The van der Waals surface area contributed by atoms with E-state index in [0.717, 1.165) is 37.8 Å². The molecule has 0 amide bonds. The SMILES string of the molecule is CC1CCC(NS(=O)(=O)c2ccc(F)cc2Br)CC1. The molecule has 6 heteroatoms. The van der Waals surface area contributed by atoms with Crippen LogP contribution in [-0.2, 0) is 10.0 Å². The molecule has 0 saturated heterocycles. The molecule has 19 heavy (non-hydrogen) atoms. The predicted octanol–water partition coefficient (Wildman–Crippen LogP) is 3.45. The minimum Gasteiger partial charge on any atom is -0.208 e. The zero-order chi connectivity index (χ0) is 14.0. The van der Waals surface area contributed by atoms with Gasteiger partial charge in [-0.25, -0.2) is 17.5 Å². The summed E-state index contributed by atoms with van der Waals surface area (Å²) >= 11 is 3.10. The first-order valence-electron chi connectivity index (χ1n) is 6.36. The lowest BCUT2D eigenvalue weighted by molar-refractivity contribution is 0.332. The highest BCUT2D eigenvalue weighted by atomic mass is 79.9. The van der Waals surface area contributed by atoms with Gasteiger partial charge in [0.2, 0.25) is 10.0 Å². The van der Waals surface area contributed by atoms with Crippen molar-refractivity contribution in [2.24, 2.45) is 5.92 Å². The van der Waals surface area contributed by atoms with Crippen molar-refractivity contribution in [2.45, 2.75) is 43.5 Å². The molecule has 1 fully saturated rings. The van der Waals surface area contributed by atoms with Gasteiger partial charge >= 0.3 is 0 Å². The summed E-state index contributed by atoms with van der Waals surface area (Å²) in [6.07, 6.45) is 3.80. The summed E-state index contributed by atoms with van der Waals surface area (Å²) < 4.78 is 40.5. The van der Waals surface area contributed by atoms with Crippen molar-refractivity contribution in [3.05, 3.63) is 28.5 Å². The van der Waals surface area contributed by atoms with E-state index in [1.165, 1.54) is 6.07 Å². The highest BCUT2D eigenvalue weighted by molar-refractivity contribution is 9.10. The molecule has 1 aliphatic rings. The maximum atomic E-state index is 13.0. The van der Waals surface area contributed by atoms with E-state index in [4.69, 9.17) is 0 Å². The van der Waals surface area contributed by atoms with Gasteiger partial charge in [0.05, 0.1) is 4.90 Å². The van der Waals surface area contributed by atoms with Gasteiger partial charge in [-0.3, -0.25) is 0 Å². The maximum Gasteiger partial charge on any atom is 0.241 e. The lowest BCUT2D eigenvalue weighted by Crippen LogP contribution is -2.37. The van der Waals surface area contributed by atoms with Gasteiger partial charge in [-0.05, 0) is 65.7 Å². The third kappa shape index (κ3) is 3.77. The Morgan fingerprint density at radius 2 is 1.89 bits per heavy atom. The summed E-state index contributed by atoms with van der Waals surface area (Å²) in [6.45, 7) is 2.18. The van der Waals surface area contributed by atoms with Gasteiger partial charge in [0.15, 0.2) is 0 Å². The molecular weight excluding hydrogens is 333 g/mol. The van der Waals surface area contributed by atoms with E-state index < -0.39 is 15.8 Å². The van der Waals surface area contributed by atoms with E-state index in [0.29, 0.717) is 5.92 Å². The summed E-state index contributed by atoms with van der Waals surface area (Å²) in [5, 5.41) is 0. The fourth-order valence-corrected chi connectivity index (χ4v) is 4.71. The first kappa shape index (κ1) is 14.9. The normalized spacial score (nSPS) is 24.4. The minimum absolute atomic E-state index is 0.0156. The molecular formula is C13H17BrFNO2S. The van der Waals surface area contributed by atoms with Crippen molar-refractivity contribution < 1.29 is 12.8 Å². The molecule has 0 radical (unpaired) electrons. The van der Waals surface area contributed by atoms with E-state index in [1.54, 1.807) is 0 Å². The number of rotatable bonds is 3. The van der Waals surface area contributed by atoms with E-state index in [2.05, 4.69) is 27.6 Å². The fourth-order valence-electron chi connectivity index (χ4n) is 2.35. The number of halogens is 2. The van der Waals surface area contributed by atoms with Gasteiger partial charge < -0.3 is 0 Å². The van der Waals surface area contributed by atoms with Crippen molar-refractivity contribution in [2.75, 3.05) is 0 Å². The van der Waals surface area contributed by atoms with Crippen LogP contribution in [0.4, 0.5) is 4.39 Å². The summed E-state index contributed by atoms with van der Waals surface area (Å²) in [4.78, 5) is 0.0903. The summed E-state index contributed by atoms with van der Waals surface area (Å²) in [5.41, 5.74) is 0. The summed E-state index contributed by atoms with van der Waals surface area (Å²) in [7, 11) is -3.59. The van der Waals surface area contributed by atoms with Crippen LogP contribution in [0.1, 0.15) is 32.6 Å². The quantitative estimate of drug-likeness (QED) is 0.908. The lowest BCUT2D eigenvalue weighted by Gasteiger charge is -2.26. The largest absolute Gasteiger partial charge is 0.241 e. The van der Waals surface area contributed by atoms with Gasteiger partial charge in [-0.2, -0.15) is 0 Å². The number of hydrogen-bond donors (Lipinski definition) is 1. The highest BCUT2D eigenvalue weighted by Gasteiger charge is 2.25. The molecule has 3 nitrogen and oxygen atoms in total. The molecule has 0 unspecified atom stereocenters. The van der Waals surface area contributed by atoms with E-state index in [1.807, 2.05) is 0 Å². The molecule has 1 aliphatic carbocycles. The molecule has 106 valence electrons. The standard InChI is InChI=1S/C13H17BrFNO2S/c1-9-2-5-11(6-3-9)16-19(17,18)13-7-4-10(15)8-12(13)14/h4,7-9,11,16H,2-3,5-6H2,1H3. The van der Waals surface area contributed by atoms with Crippen LogP contribution in [0, 0.1) is 11.7 Å². The van der Waals surface area contributed by atoms with Crippen LogP contribution in [0.15, 0.2) is 27.6 Å². The van der Waals surface area contributed by atoms with Crippen LogP contribution in [0.25, 0.3) is 0 Å². The third-order valence-corrected chi connectivity index (χ3v) is 6.02. The highest BCUT2D eigenvalue weighted by Crippen LogP contribution is 2.27. The molecule has 0 bridgehead atoms. The van der Waals surface area contributed by atoms with Crippen molar-refractivity contribution in [3.8, 4) is 0 Å². The molecule has 2 rings (SSSR count). The average Bonchev–Trinajstić information content (AvgIpc) is 2.31. The van der Waals surface area contributed by atoms with E-state index in [9.17, 15) is 12.8 Å². The Labute approximate surface area is 121 Å². The Bertz CT molecular complexity index is 554. The van der Waals surface area contributed by atoms with Gasteiger partial charge in [-0.1, -0.05) is 6.92 Å². The summed E-state index contributed by atoms with van der Waals surface area (Å²) in [6, 6.07) is 3.59. The second-order valence-corrected chi connectivity index (χ2v) is 7.69. The second-order valence-electron chi connectivity index (χ2n) is 5.15. The van der Waals surface area contributed by atoms with Gasteiger partial charge in [-0.15, -0.1) is 0 Å². The zero-order valence-corrected chi connectivity index (χ0v) is 13.1. The van der Waals surface area contributed by atoms with Crippen LogP contribution in [0.5, 0.6) is 0 Å². The Balaban J connectivity index is 2.14. The molecule has 0 spiro atoms. The average molecular weight is 350 g/mol. The van der Waals surface area contributed by atoms with Crippen molar-refractivity contribution in [3.63, 3.8) is 0 Å². The Morgan fingerprint density at radius 3 is 2.47 bits per heavy atom. The first-order chi connectivity index (χ1) is 8.88. The third-order valence-electron chi connectivity index (χ3n) is 3.52. The van der Waals surface area contributed by atoms with Crippen molar-refractivity contribution in [1.29, 1.82) is 0 Å². The number of benzene rings is 1. The molecule has 1 aromatic rings. The first-order valence-corrected chi connectivity index (χ1v) is 8.63. The van der Waals surface area contributed by atoms with Gasteiger partial charge in [0.25, 0.3) is 0 Å². The van der Waals surface area contributed by atoms with Crippen LogP contribution < -0.4 is 4.72 Å². The number of nitrogens with one attached hydrogen (secondary N) is 1. The van der Waals surface area contributed by atoms with Gasteiger partial charge in [0.1, 0.15) is 5.82 Å². The van der Waals surface area contributed by atoms with E-state index in [-0.39, 0.29) is 15.4 Å². The van der Waals surface area contributed by atoms with Crippen molar-refractivity contribution in [1.82, 2.24) is 4.72 Å². The minimum atomic E-state index is -3.59. The molecule has 1 aromatic carbocycles. The molecule has 0 aromatic heterocycles. The summed E-state index contributed by atoms with van der Waals surface area (Å²) in [5.74, 6) is 0.204. The maximum absolute atomic E-state index is 13.0. The zero-order valence-electron chi connectivity index (χ0n) is 10.7. The van der Waals surface area contributed by atoms with E-state index >= 15 is 0 Å². The van der Waals surface area contributed by atoms with Crippen LogP contribution >= 0.6 is 15.9 Å². The Kier molecular flexibility index (Phi) is 4.63. The van der Waals surface area contributed by atoms with Crippen LogP contribution in [-0.4, -0.2) is 14.5 Å². The monoisotopic (exact) mass is 349 g/mol. The van der Waals surface area contributed by atoms with Crippen LogP contribution in [0.2, 0.25) is 0 Å². The Hall–Kier alpha value is -0.460. The molecule has 1 saturated carbocycles. The Morgan fingerprint density at radius 1 is 1.26 bits per heavy atom. The topological polar surface area (TPSA) is 46.2 Å². The predicted molar refractivity (Wildman–Crippen MR) is 75.8 cm³/mol. The lowest BCUT2D eigenvalue weighted by atomic mass is 9.88. The smallest absolute Gasteiger partial charge is 0.208 e. The fraction of sp³-hybridized carbons (Fsp3) is 0.538. The molecule has 0 aliphatic heterocycles. The molecule has 0 atom stereocenters. The van der Waals surface area contributed by atoms with Crippen molar-refractivity contribution >= 4 is 26.0 Å². The molecule has 0 heterocycles. The number of sulfonamides is 1.